The molecule has 0 aliphatic heterocycles. The van der Waals surface area contributed by atoms with Gasteiger partial charge in [-0.05, 0) is 54.7 Å². The largest absolute Gasteiger partial charge is 0.497 e. The van der Waals surface area contributed by atoms with Crippen LogP contribution in [0, 0.1) is 30.2 Å². The van der Waals surface area contributed by atoms with Gasteiger partial charge in [-0.25, -0.2) is 27.5 Å². The van der Waals surface area contributed by atoms with Gasteiger partial charge in [0.15, 0.2) is 29.1 Å². The van der Waals surface area contributed by atoms with Crippen molar-refractivity contribution in [2.24, 2.45) is 0 Å². The molecule has 39 heavy (non-hydrogen) atoms. The van der Waals surface area contributed by atoms with Gasteiger partial charge < -0.3 is 4.74 Å². The van der Waals surface area contributed by atoms with Crippen molar-refractivity contribution in [1.82, 2.24) is 9.97 Å². The van der Waals surface area contributed by atoms with Crippen molar-refractivity contribution in [2.45, 2.75) is 32.6 Å². The van der Waals surface area contributed by atoms with E-state index in [4.69, 9.17) is 14.7 Å². The Morgan fingerprint density at radius 1 is 0.949 bits per heavy atom. The van der Waals surface area contributed by atoms with Crippen LogP contribution in [-0.2, 0) is 30.5 Å². The van der Waals surface area contributed by atoms with Crippen molar-refractivity contribution in [1.29, 1.82) is 0 Å². The van der Waals surface area contributed by atoms with E-state index in [0.717, 1.165) is 29.4 Å². The number of aryl methyl sites for hydroxylation is 2. The summed E-state index contributed by atoms with van der Waals surface area (Å²) < 4.78 is 61.6. The Morgan fingerprint density at radius 2 is 1.67 bits per heavy atom. The van der Waals surface area contributed by atoms with Crippen LogP contribution < -0.4 is 9.64 Å². The molecule has 0 atom stereocenters. The summed E-state index contributed by atoms with van der Waals surface area (Å²) in [5.41, 5.74) is 3.85. The summed E-state index contributed by atoms with van der Waals surface area (Å²) in [5, 5.41) is 0. The van der Waals surface area contributed by atoms with E-state index in [9.17, 15) is 22.4 Å². The maximum absolute atomic E-state index is 14.5. The Hall–Kier alpha value is -4.27. The highest BCUT2D eigenvalue weighted by Gasteiger charge is 2.28. The first-order valence-corrected chi connectivity index (χ1v) is 12.4. The van der Waals surface area contributed by atoms with Crippen molar-refractivity contribution < 1.29 is 27.1 Å². The molecule has 1 aromatic heterocycles. The Kier molecular flexibility index (Phi) is 7.08. The van der Waals surface area contributed by atoms with Gasteiger partial charge in [-0.3, -0.25) is 9.69 Å². The van der Waals surface area contributed by atoms with E-state index in [1.54, 1.807) is 7.11 Å². The molecule has 0 saturated heterocycles. The maximum atomic E-state index is 14.5. The van der Waals surface area contributed by atoms with Gasteiger partial charge in [0.05, 0.1) is 30.6 Å². The second-order valence-electron chi connectivity index (χ2n) is 9.46. The summed E-state index contributed by atoms with van der Waals surface area (Å²) in [6, 6.07) is 15.3. The number of fused-ring (bicyclic) bond motifs is 3. The summed E-state index contributed by atoms with van der Waals surface area (Å²) in [7, 11) is 3.07. The minimum atomic E-state index is -1.95. The lowest BCUT2D eigenvalue weighted by Gasteiger charge is -2.25. The molecule has 4 aromatic rings. The van der Waals surface area contributed by atoms with E-state index in [1.807, 2.05) is 48.5 Å². The van der Waals surface area contributed by atoms with E-state index in [2.05, 4.69) is 0 Å². The van der Waals surface area contributed by atoms with Gasteiger partial charge in [-0.15, -0.1) is 0 Å². The zero-order valence-electron chi connectivity index (χ0n) is 21.6. The smallest absolute Gasteiger partial charge is 0.232 e. The van der Waals surface area contributed by atoms with Crippen LogP contribution >= 0.6 is 0 Å². The third kappa shape index (κ3) is 4.84. The lowest BCUT2D eigenvalue weighted by Crippen LogP contribution is -2.31. The van der Waals surface area contributed by atoms with Crippen molar-refractivity contribution in [3.63, 3.8) is 0 Å². The molecule has 1 aliphatic rings. The number of hydrogen-bond acceptors (Lipinski definition) is 4. The molecule has 0 fully saturated rings. The quantitative estimate of drug-likeness (QED) is 0.175. The average Bonchev–Trinajstić information content (AvgIpc) is 2.96. The minimum Gasteiger partial charge on any atom is -0.497 e. The molecule has 0 bridgehead atoms. The number of methoxy groups -OCH3 is 1. The Morgan fingerprint density at radius 3 is 2.38 bits per heavy atom. The number of carbonyl (C=O) groups excluding carboxylic acids is 1. The molecule has 5 rings (SSSR count). The highest BCUT2D eigenvalue weighted by molar-refractivity contribution is 5.94. The number of ether oxygens (including phenoxy) is 1. The molecular formula is C30H25F4N3O2. The van der Waals surface area contributed by atoms with Crippen LogP contribution in [0.1, 0.15) is 33.6 Å². The van der Waals surface area contributed by atoms with Crippen molar-refractivity contribution in [2.75, 3.05) is 19.1 Å². The fraction of sp³-hybridized carbons (Fsp3) is 0.233. The van der Waals surface area contributed by atoms with Crippen LogP contribution in [0.25, 0.3) is 11.3 Å². The number of carbonyl (C=O) groups is 1. The molecule has 1 aliphatic carbocycles. The van der Waals surface area contributed by atoms with Gasteiger partial charge in [-0.1, -0.05) is 30.3 Å². The second-order valence-corrected chi connectivity index (χ2v) is 9.46. The number of hydrogen-bond donors (Lipinski definition) is 0. The van der Waals surface area contributed by atoms with Crippen LogP contribution in [0.2, 0.25) is 0 Å². The van der Waals surface area contributed by atoms with Gasteiger partial charge in [0.2, 0.25) is 5.91 Å². The average molecular weight is 536 g/mol. The SMILES string of the molecule is COc1ccc2c(c1)CCc1nc(N(C)C(=O)Cc3c(C)c(F)c(F)c(F)c3F)c(Cc3ccccc3)nc1-2. The molecule has 0 unspecified atom stereocenters. The molecule has 3 aromatic carbocycles. The second kappa shape index (κ2) is 10.5. The Balaban J connectivity index is 1.57. The predicted octanol–water partition coefficient (Wildman–Crippen LogP) is 5.91. The standard InChI is InChI=1S/C30H25F4N3O2/c1-16-21(26(32)28(34)27(33)25(16)31)15-24(38)37(2)30-23(13-17-7-5-4-6-8-17)35-29-20-11-10-19(39-3)14-18(20)9-12-22(29)36-30/h4-8,10-11,14H,9,12-13,15H2,1-3H3. The molecule has 0 N–H and O–H groups in total. The number of halogens is 4. The molecule has 5 nitrogen and oxygen atoms in total. The molecule has 0 saturated carbocycles. The van der Waals surface area contributed by atoms with E-state index in [-0.39, 0.29) is 5.82 Å². The number of nitrogens with zero attached hydrogens (tertiary/aromatic N) is 3. The molecule has 0 spiro atoms. The number of amides is 1. The van der Waals surface area contributed by atoms with Gasteiger partial charge in [0.1, 0.15) is 5.75 Å². The van der Waals surface area contributed by atoms with Gasteiger partial charge in [-0.2, -0.15) is 0 Å². The van der Waals surface area contributed by atoms with Crippen molar-refractivity contribution >= 4 is 11.7 Å². The molecule has 0 radical (unpaired) electrons. The predicted molar refractivity (Wildman–Crippen MR) is 139 cm³/mol. The maximum Gasteiger partial charge on any atom is 0.232 e. The number of aromatic nitrogens is 2. The first kappa shape index (κ1) is 26.3. The fourth-order valence-corrected chi connectivity index (χ4v) is 4.83. The number of rotatable bonds is 6. The van der Waals surface area contributed by atoms with Crippen molar-refractivity contribution in [3.05, 3.63) is 105 Å². The topological polar surface area (TPSA) is 55.3 Å². The molecule has 9 heteroatoms. The summed E-state index contributed by atoms with van der Waals surface area (Å²) >= 11 is 0. The molecule has 200 valence electrons. The zero-order chi connectivity index (χ0) is 27.8. The first-order chi connectivity index (χ1) is 18.7. The van der Waals surface area contributed by atoms with E-state index >= 15 is 0 Å². The molecular weight excluding hydrogens is 510 g/mol. The van der Waals surface area contributed by atoms with Gasteiger partial charge in [0, 0.05) is 24.6 Å². The third-order valence-corrected chi connectivity index (χ3v) is 7.08. The van der Waals surface area contributed by atoms with Crippen LogP contribution in [0.15, 0.2) is 48.5 Å². The van der Waals surface area contributed by atoms with E-state index in [0.29, 0.717) is 36.3 Å². The summed E-state index contributed by atoms with van der Waals surface area (Å²) in [4.78, 5) is 24.3. The normalized spacial score (nSPS) is 12.1. The number of benzene rings is 3. The van der Waals surface area contributed by atoms with E-state index < -0.39 is 46.7 Å². The Bertz CT molecular complexity index is 1560. The molecule has 1 heterocycles. The lowest BCUT2D eigenvalue weighted by molar-refractivity contribution is -0.117. The minimum absolute atomic E-state index is 0.265. The highest BCUT2D eigenvalue weighted by Crippen LogP contribution is 2.36. The van der Waals surface area contributed by atoms with Crippen LogP contribution in [-0.4, -0.2) is 30.0 Å². The molecule has 1 amide bonds. The summed E-state index contributed by atoms with van der Waals surface area (Å²) in [6.07, 6.45) is 0.939. The first-order valence-electron chi connectivity index (χ1n) is 12.4. The van der Waals surface area contributed by atoms with Gasteiger partial charge >= 0.3 is 0 Å². The van der Waals surface area contributed by atoms with E-state index in [1.165, 1.54) is 11.9 Å². The number of likely N-dealkylation sites (N-methyl/N-ethyl adjacent to an activating group) is 1. The number of anilines is 1. The van der Waals surface area contributed by atoms with Crippen LogP contribution in [0.5, 0.6) is 5.75 Å². The lowest BCUT2D eigenvalue weighted by atomic mass is 9.91. The fourth-order valence-electron chi connectivity index (χ4n) is 4.83. The van der Waals surface area contributed by atoms with Gasteiger partial charge in [0.25, 0.3) is 0 Å². The van der Waals surface area contributed by atoms with Crippen LogP contribution in [0.4, 0.5) is 23.4 Å². The summed E-state index contributed by atoms with van der Waals surface area (Å²) in [5.74, 6) is -6.62. The third-order valence-electron chi connectivity index (χ3n) is 7.08. The summed E-state index contributed by atoms with van der Waals surface area (Å²) in [6.45, 7) is 1.11. The highest BCUT2D eigenvalue weighted by atomic mass is 19.2. The monoisotopic (exact) mass is 535 g/mol. The van der Waals surface area contributed by atoms with Crippen molar-refractivity contribution in [3.8, 4) is 17.0 Å². The zero-order valence-corrected chi connectivity index (χ0v) is 21.6. The van der Waals surface area contributed by atoms with Crippen LogP contribution in [0.3, 0.4) is 0 Å². The Labute approximate surface area is 223 Å².